The molecule has 0 saturated heterocycles. The predicted octanol–water partition coefficient (Wildman–Crippen LogP) is 3.12. The molecular formula is C16H24O4SSi. The third-order valence-corrected chi connectivity index (χ3v) is 8.12. The Labute approximate surface area is 137 Å². The van der Waals surface area contributed by atoms with Crippen LogP contribution in [0.2, 0.25) is 6.04 Å². The van der Waals surface area contributed by atoms with Crippen LogP contribution in [0.3, 0.4) is 0 Å². The second-order valence-corrected chi connectivity index (χ2v) is 9.54. The highest BCUT2D eigenvalue weighted by molar-refractivity contribution is 8.00. The number of fused-ring (bicyclic) bond motifs is 1. The van der Waals surface area contributed by atoms with Gasteiger partial charge in [-0.3, -0.25) is 0 Å². The van der Waals surface area contributed by atoms with Crippen molar-refractivity contribution in [1.82, 2.24) is 0 Å². The summed E-state index contributed by atoms with van der Waals surface area (Å²) < 4.78 is 16.3. The van der Waals surface area contributed by atoms with E-state index in [1.807, 2.05) is 24.3 Å². The summed E-state index contributed by atoms with van der Waals surface area (Å²) >= 11 is 1.76. The number of aliphatic hydroxyl groups excluding tert-OH is 1. The summed E-state index contributed by atoms with van der Waals surface area (Å²) in [6, 6.07) is 8.78. The van der Waals surface area contributed by atoms with Crippen LogP contribution in [0.5, 0.6) is 0 Å². The van der Waals surface area contributed by atoms with Crippen molar-refractivity contribution < 1.29 is 18.4 Å². The molecule has 0 bridgehead atoms. The van der Waals surface area contributed by atoms with Crippen molar-refractivity contribution in [3.63, 3.8) is 0 Å². The molecule has 0 amide bonds. The largest absolute Gasteiger partial charge is 0.500 e. The highest BCUT2D eigenvalue weighted by atomic mass is 32.2. The SMILES string of the molecule is CO[Si](CCCS[C@@H]1C=Cc2ccccc2[C@H]1O)(OC)OC. The van der Waals surface area contributed by atoms with Crippen LogP contribution in [-0.2, 0) is 13.3 Å². The minimum absolute atomic E-state index is 0.0959. The number of hydrogen-bond donors (Lipinski definition) is 1. The average molecular weight is 341 g/mol. The van der Waals surface area contributed by atoms with Crippen LogP contribution in [-0.4, -0.2) is 46.2 Å². The van der Waals surface area contributed by atoms with Crippen molar-refractivity contribution in [2.24, 2.45) is 0 Å². The van der Waals surface area contributed by atoms with Crippen molar-refractivity contribution in [3.05, 3.63) is 41.5 Å². The van der Waals surface area contributed by atoms with E-state index < -0.39 is 14.9 Å². The van der Waals surface area contributed by atoms with E-state index in [4.69, 9.17) is 13.3 Å². The first-order valence-corrected chi connectivity index (χ1v) is 10.4. The lowest BCUT2D eigenvalue weighted by atomic mass is 9.95. The molecule has 0 aromatic heterocycles. The maximum absolute atomic E-state index is 10.5. The molecule has 1 N–H and O–H groups in total. The van der Waals surface area contributed by atoms with Crippen molar-refractivity contribution in [1.29, 1.82) is 0 Å². The van der Waals surface area contributed by atoms with Crippen molar-refractivity contribution in [2.75, 3.05) is 27.1 Å². The molecule has 1 aromatic rings. The van der Waals surface area contributed by atoms with Crippen molar-refractivity contribution in [2.45, 2.75) is 23.8 Å². The lowest BCUT2D eigenvalue weighted by molar-refractivity contribution is 0.123. The summed E-state index contributed by atoms with van der Waals surface area (Å²) in [5.41, 5.74) is 2.12. The predicted molar refractivity (Wildman–Crippen MR) is 92.9 cm³/mol. The van der Waals surface area contributed by atoms with Crippen LogP contribution >= 0.6 is 11.8 Å². The van der Waals surface area contributed by atoms with E-state index in [0.717, 1.165) is 29.3 Å². The van der Waals surface area contributed by atoms with Gasteiger partial charge >= 0.3 is 8.80 Å². The van der Waals surface area contributed by atoms with E-state index >= 15 is 0 Å². The van der Waals surface area contributed by atoms with Gasteiger partial charge in [0.1, 0.15) is 0 Å². The number of rotatable bonds is 8. The summed E-state index contributed by atoms with van der Waals surface area (Å²) in [5, 5.41) is 10.6. The zero-order valence-electron chi connectivity index (χ0n) is 13.3. The topological polar surface area (TPSA) is 47.9 Å². The first-order chi connectivity index (χ1) is 10.7. The number of hydrogen-bond acceptors (Lipinski definition) is 5. The van der Waals surface area contributed by atoms with Gasteiger partial charge in [-0.2, -0.15) is 11.8 Å². The lowest BCUT2D eigenvalue weighted by Gasteiger charge is -2.26. The molecule has 1 aromatic carbocycles. The zero-order valence-corrected chi connectivity index (χ0v) is 15.1. The fourth-order valence-electron chi connectivity index (χ4n) is 2.62. The van der Waals surface area contributed by atoms with Gasteiger partial charge in [0.25, 0.3) is 0 Å². The molecular weight excluding hydrogens is 316 g/mol. The van der Waals surface area contributed by atoms with Crippen LogP contribution in [0.4, 0.5) is 0 Å². The van der Waals surface area contributed by atoms with Crippen LogP contribution in [0.25, 0.3) is 6.08 Å². The van der Waals surface area contributed by atoms with E-state index in [9.17, 15) is 5.11 Å². The van der Waals surface area contributed by atoms with E-state index in [-0.39, 0.29) is 5.25 Å². The number of thioether (sulfide) groups is 1. The average Bonchev–Trinajstić information content (AvgIpc) is 2.58. The summed E-state index contributed by atoms with van der Waals surface area (Å²) in [7, 11) is 2.43. The second kappa shape index (κ2) is 8.28. The van der Waals surface area contributed by atoms with Gasteiger partial charge in [0.05, 0.1) is 11.4 Å². The van der Waals surface area contributed by atoms with Crippen LogP contribution in [0.15, 0.2) is 30.3 Å². The van der Waals surface area contributed by atoms with E-state index in [1.54, 1.807) is 33.1 Å². The van der Waals surface area contributed by atoms with Gasteiger partial charge in [-0.1, -0.05) is 36.4 Å². The summed E-state index contributed by atoms with van der Waals surface area (Å²) in [5.74, 6) is 0.930. The van der Waals surface area contributed by atoms with Crippen molar-refractivity contribution >= 4 is 26.6 Å². The Bertz CT molecular complexity index is 496. The van der Waals surface area contributed by atoms with Gasteiger partial charge in [0.15, 0.2) is 0 Å². The Morgan fingerprint density at radius 2 is 1.82 bits per heavy atom. The molecule has 6 heteroatoms. The van der Waals surface area contributed by atoms with E-state index in [0.29, 0.717) is 0 Å². The molecule has 122 valence electrons. The second-order valence-electron chi connectivity index (χ2n) is 5.17. The molecule has 0 radical (unpaired) electrons. The molecule has 0 fully saturated rings. The Hall–Kier alpha value is -0.633. The normalized spacial score (nSPS) is 20.9. The first kappa shape index (κ1) is 17.7. The number of aliphatic hydroxyl groups is 1. The van der Waals surface area contributed by atoms with Gasteiger partial charge in [-0.25, -0.2) is 0 Å². The molecule has 2 atom stereocenters. The van der Waals surface area contributed by atoms with Crippen LogP contribution in [0, 0.1) is 0 Å². The summed E-state index contributed by atoms with van der Waals surface area (Å²) in [4.78, 5) is 0. The Morgan fingerprint density at radius 1 is 1.14 bits per heavy atom. The summed E-state index contributed by atoms with van der Waals surface area (Å²) in [6.07, 6.45) is 4.68. The molecule has 0 saturated carbocycles. The van der Waals surface area contributed by atoms with Crippen LogP contribution in [0.1, 0.15) is 23.7 Å². The van der Waals surface area contributed by atoms with Gasteiger partial charge < -0.3 is 18.4 Å². The smallest absolute Gasteiger partial charge is 0.387 e. The monoisotopic (exact) mass is 340 g/mol. The maximum atomic E-state index is 10.5. The van der Waals surface area contributed by atoms with E-state index in [1.165, 1.54) is 0 Å². The van der Waals surface area contributed by atoms with Gasteiger partial charge in [0, 0.05) is 27.4 Å². The highest BCUT2D eigenvalue weighted by Gasteiger charge is 2.37. The molecule has 0 aliphatic heterocycles. The molecule has 2 rings (SSSR count). The van der Waals surface area contributed by atoms with Gasteiger partial charge in [-0.05, 0) is 23.3 Å². The van der Waals surface area contributed by atoms with E-state index in [2.05, 4.69) is 12.2 Å². The fraction of sp³-hybridized carbons (Fsp3) is 0.500. The lowest BCUT2D eigenvalue weighted by Crippen LogP contribution is -2.42. The quantitative estimate of drug-likeness (QED) is 0.582. The standard InChI is InChI=1S/C16H24O4SSi/c1-18-22(19-2,20-3)12-6-11-21-15-10-9-13-7-4-5-8-14(13)16(15)17/h4-5,7-10,15-17H,6,11-12H2,1-3H3/t15-,16-/m1/s1. The Kier molecular flexibility index (Phi) is 6.67. The molecule has 1 aliphatic rings. The Balaban J connectivity index is 1.84. The maximum Gasteiger partial charge on any atom is 0.500 e. The fourth-order valence-corrected chi connectivity index (χ4v) is 5.70. The third-order valence-electron chi connectivity index (χ3n) is 3.96. The first-order valence-electron chi connectivity index (χ1n) is 7.38. The minimum Gasteiger partial charge on any atom is -0.387 e. The zero-order chi connectivity index (χ0) is 16.0. The number of benzene rings is 1. The molecule has 0 spiro atoms. The minimum atomic E-state index is -2.47. The summed E-state index contributed by atoms with van der Waals surface area (Å²) in [6.45, 7) is 0. The van der Waals surface area contributed by atoms with Gasteiger partial charge in [0.2, 0.25) is 0 Å². The molecule has 1 aliphatic carbocycles. The van der Waals surface area contributed by atoms with Gasteiger partial charge in [-0.15, -0.1) is 0 Å². The molecule has 0 heterocycles. The Morgan fingerprint density at radius 3 is 2.50 bits per heavy atom. The molecule has 22 heavy (non-hydrogen) atoms. The van der Waals surface area contributed by atoms with Crippen LogP contribution < -0.4 is 0 Å². The molecule has 0 unspecified atom stereocenters. The highest BCUT2D eigenvalue weighted by Crippen LogP contribution is 2.35. The third kappa shape index (κ3) is 4.01. The van der Waals surface area contributed by atoms with Crippen molar-refractivity contribution in [3.8, 4) is 0 Å². The molecule has 4 nitrogen and oxygen atoms in total.